The van der Waals surface area contributed by atoms with E-state index in [1.807, 2.05) is 0 Å². The first-order chi connectivity index (χ1) is 35.4. The van der Waals surface area contributed by atoms with Crippen LogP contribution in [0.25, 0.3) is 11.1 Å². The van der Waals surface area contributed by atoms with Crippen molar-refractivity contribution in [3.8, 4) is 11.1 Å². The lowest BCUT2D eigenvalue weighted by Gasteiger charge is -2.27. The Balaban J connectivity index is 1.17. The van der Waals surface area contributed by atoms with Gasteiger partial charge in [0.1, 0.15) is 0 Å². The van der Waals surface area contributed by atoms with Gasteiger partial charge in [0.2, 0.25) is 0 Å². The molecule has 0 saturated heterocycles. The number of carbonyl (C=O) groups is 2. The molecule has 0 radical (unpaired) electrons. The van der Waals surface area contributed by atoms with Gasteiger partial charge in [0.05, 0.1) is 13.2 Å². The molecule has 0 heterocycles. The van der Waals surface area contributed by atoms with Gasteiger partial charge in [-0.1, -0.05) is 164 Å². The number of benzene rings is 6. The van der Waals surface area contributed by atoms with Crippen LogP contribution in [-0.2, 0) is 44.7 Å². The van der Waals surface area contributed by atoms with Crippen molar-refractivity contribution in [1.82, 2.24) is 0 Å². The van der Waals surface area contributed by atoms with Crippen LogP contribution >= 0.6 is 0 Å². The number of ether oxygens (including phenoxy) is 2. The topological polar surface area (TPSA) is 59.1 Å². The number of unbranched alkanes of at least 4 members (excludes halogenated alkanes) is 12. The van der Waals surface area contributed by atoms with Gasteiger partial charge in [0, 0.05) is 46.3 Å². The normalized spacial score (nSPS) is 11.0. The van der Waals surface area contributed by atoms with E-state index in [-0.39, 0.29) is 11.9 Å². The van der Waals surface area contributed by atoms with Gasteiger partial charge in [0.25, 0.3) is 0 Å². The number of hydrogen-bond donors (Lipinski definition) is 0. The molecule has 6 nitrogen and oxygen atoms in total. The second kappa shape index (κ2) is 30.9. The largest absolute Gasteiger partial charge is 0.463 e. The molecule has 0 aliphatic rings. The molecular formula is C66H80N2O4. The molecule has 0 fully saturated rings. The zero-order valence-corrected chi connectivity index (χ0v) is 43.5. The second-order valence-electron chi connectivity index (χ2n) is 19.1. The molecule has 0 aromatic heterocycles. The Hall–Kier alpha value is -6.66. The van der Waals surface area contributed by atoms with Crippen molar-refractivity contribution < 1.29 is 19.1 Å². The number of hydrogen-bond acceptors (Lipinski definition) is 6. The van der Waals surface area contributed by atoms with Crippen LogP contribution in [-0.4, -0.2) is 25.2 Å². The van der Waals surface area contributed by atoms with E-state index < -0.39 is 0 Å². The van der Waals surface area contributed by atoms with E-state index >= 15 is 0 Å². The molecule has 6 heteroatoms. The van der Waals surface area contributed by atoms with Crippen LogP contribution < -0.4 is 9.80 Å². The number of nitrogens with zero attached hydrogens (tertiary/aromatic N) is 2. The zero-order valence-electron chi connectivity index (χ0n) is 43.5. The SMILES string of the molecule is C=CC(=O)OCCCCCCc1ccc(N(c2ccc(CCCCCC)cc2)c2ccc(-c3ccc(N(c4ccc(CCCCCC)cc4)c4ccc(CCCCCCOC(=O)C=C)cc4)cc3)cc2)cc1. The molecule has 0 N–H and O–H groups in total. The van der Waals surface area contributed by atoms with Crippen LogP contribution in [0, 0.1) is 0 Å². The highest BCUT2D eigenvalue weighted by Gasteiger charge is 2.16. The maximum absolute atomic E-state index is 11.3. The summed E-state index contributed by atoms with van der Waals surface area (Å²) in [7, 11) is 0. The highest BCUT2D eigenvalue weighted by atomic mass is 16.5. The average molecular weight is 965 g/mol. The molecule has 0 aliphatic heterocycles. The van der Waals surface area contributed by atoms with Crippen LogP contribution in [0.4, 0.5) is 34.1 Å². The smallest absolute Gasteiger partial charge is 0.330 e. The third kappa shape index (κ3) is 17.9. The van der Waals surface area contributed by atoms with E-state index in [1.165, 1.54) is 96.9 Å². The number of aryl methyl sites for hydroxylation is 4. The van der Waals surface area contributed by atoms with E-state index in [1.54, 1.807) is 0 Å². The summed E-state index contributed by atoms with van der Waals surface area (Å²) in [4.78, 5) is 27.4. The second-order valence-corrected chi connectivity index (χ2v) is 19.1. The van der Waals surface area contributed by atoms with Crippen molar-refractivity contribution in [1.29, 1.82) is 0 Å². The van der Waals surface area contributed by atoms with E-state index in [4.69, 9.17) is 9.47 Å². The van der Waals surface area contributed by atoms with Gasteiger partial charge < -0.3 is 19.3 Å². The Bertz CT molecular complexity index is 2310. The molecular weight excluding hydrogens is 885 g/mol. The Morgan fingerprint density at radius 2 is 0.583 bits per heavy atom. The summed E-state index contributed by atoms with van der Waals surface area (Å²) in [5.41, 5.74) is 14.6. The summed E-state index contributed by atoms with van der Waals surface area (Å²) in [6.07, 6.45) is 25.0. The first kappa shape index (κ1) is 54.7. The number of rotatable bonds is 33. The molecule has 6 aromatic rings. The minimum absolute atomic E-state index is 0.348. The Kier molecular flexibility index (Phi) is 23.5. The molecule has 0 bridgehead atoms. The minimum Gasteiger partial charge on any atom is -0.463 e. The highest BCUT2D eigenvalue weighted by molar-refractivity contribution is 5.82. The van der Waals surface area contributed by atoms with E-state index in [9.17, 15) is 9.59 Å². The maximum Gasteiger partial charge on any atom is 0.330 e. The molecule has 0 unspecified atom stereocenters. The van der Waals surface area contributed by atoms with Crippen molar-refractivity contribution >= 4 is 46.1 Å². The van der Waals surface area contributed by atoms with Crippen LogP contribution in [0.15, 0.2) is 171 Å². The summed E-state index contributed by atoms with van der Waals surface area (Å²) in [6.45, 7) is 12.4. The predicted molar refractivity (Wildman–Crippen MR) is 304 cm³/mol. The standard InChI is InChI=1S/C66H80N2O4/c1-5-9-11-17-23-53-27-39-59(40-28-53)67(61-43-31-55(32-44-61)25-19-13-15-21-51-71-65(69)7-3)63-47-35-57(36-48-63)58-37-49-64(50-38-58)68(60-41-29-54(30-42-60)24-18-12-10-6-2)62-45-33-56(34-46-62)26-20-14-16-22-52-72-66(70)8-4/h7-8,27-50H,3-6,9-26,51-52H2,1-2H3. The van der Waals surface area contributed by atoms with Gasteiger partial charge in [-0.3, -0.25) is 0 Å². The lowest BCUT2D eigenvalue weighted by molar-refractivity contribution is -0.138. The third-order valence-electron chi connectivity index (χ3n) is 13.5. The summed E-state index contributed by atoms with van der Waals surface area (Å²) >= 11 is 0. The number of esters is 2. The van der Waals surface area contributed by atoms with Gasteiger partial charge >= 0.3 is 11.9 Å². The van der Waals surface area contributed by atoms with E-state index in [0.717, 1.165) is 111 Å². The molecule has 0 spiro atoms. The first-order valence-electron chi connectivity index (χ1n) is 27.1. The van der Waals surface area contributed by atoms with Crippen LogP contribution in [0.5, 0.6) is 0 Å². The molecule has 0 saturated carbocycles. The molecule has 378 valence electrons. The number of anilines is 6. The molecule has 6 aromatic carbocycles. The Labute approximate surface area is 432 Å². The first-order valence-corrected chi connectivity index (χ1v) is 27.1. The van der Waals surface area contributed by atoms with Crippen molar-refractivity contribution in [2.24, 2.45) is 0 Å². The monoisotopic (exact) mass is 965 g/mol. The molecule has 6 rings (SSSR count). The Morgan fingerprint density at radius 3 is 0.833 bits per heavy atom. The number of carbonyl (C=O) groups excluding carboxylic acids is 2. The van der Waals surface area contributed by atoms with E-state index in [2.05, 4.69) is 182 Å². The molecule has 72 heavy (non-hydrogen) atoms. The average Bonchev–Trinajstić information content (AvgIpc) is 3.42. The quantitative estimate of drug-likeness (QED) is 0.0233. The fraction of sp³-hybridized carbons (Fsp3) is 0.364. The van der Waals surface area contributed by atoms with Crippen LogP contribution in [0.3, 0.4) is 0 Å². The van der Waals surface area contributed by atoms with Gasteiger partial charge in [-0.2, -0.15) is 0 Å². The predicted octanol–water partition coefficient (Wildman–Crippen LogP) is 18.2. The highest BCUT2D eigenvalue weighted by Crippen LogP contribution is 2.39. The summed E-state index contributed by atoms with van der Waals surface area (Å²) < 4.78 is 10.3. The molecule has 0 amide bonds. The van der Waals surface area contributed by atoms with Crippen molar-refractivity contribution in [2.75, 3.05) is 23.0 Å². The molecule has 0 atom stereocenters. The lowest BCUT2D eigenvalue weighted by Crippen LogP contribution is -2.10. The summed E-state index contributed by atoms with van der Waals surface area (Å²) in [5.74, 6) is -0.696. The van der Waals surface area contributed by atoms with Crippen molar-refractivity contribution in [2.45, 2.75) is 142 Å². The summed E-state index contributed by atoms with van der Waals surface area (Å²) in [5, 5.41) is 0. The fourth-order valence-electron chi connectivity index (χ4n) is 9.29. The summed E-state index contributed by atoms with van der Waals surface area (Å²) in [6, 6.07) is 54.4. The van der Waals surface area contributed by atoms with Gasteiger partial charge in [-0.05, 0) is 170 Å². The fourth-order valence-corrected chi connectivity index (χ4v) is 9.29. The van der Waals surface area contributed by atoms with Crippen molar-refractivity contribution in [3.63, 3.8) is 0 Å². The van der Waals surface area contributed by atoms with Gasteiger partial charge in [0.15, 0.2) is 0 Å². The van der Waals surface area contributed by atoms with Gasteiger partial charge in [-0.15, -0.1) is 0 Å². The van der Waals surface area contributed by atoms with Crippen LogP contribution in [0.1, 0.15) is 139 Å². The zero-order chi connectivity index (χ0) is 50.6. The Morgan fingerprint density at radius 1 is 0.347 bits per heavy atom. The molecule has 0 aliphatic carbocycles. The maximum atomic E-state index is 11.3. The van der Waals surface area contributed by atoms with Crippen molar-refractivity contribution in [3.05, 3.63) is 193 Å². The minimum atomic E-state index is -0.348. The van der Waals surface area contributed by atoms with Crippen LogP contribution in [0.2, 0.25) is 0 Å². The van der Waals surface area contributed by atoms with Gasteiger partial charge in [-0.25, -0.2) is 9.59 Å². The van der Waals surface area contributed by atoms with E-state index in [0.29, 0.717) is 13.2 Å². The third-order valence-corrected chi connectivity index (χ3v) is 13.5. The lowest BCUT2D eigenvalue weighted by atomic mass is 10.0.